The van der Waals surface area contributed by atoms with Crippen LogP contribution in [0.25, 0.3) is 0 Å². The van der Waals surface area contributed by atoms with E-state index < -0.39 is 5.91 Å². The van der Waals surface area contributed by atoms with Crippen molar-refractivity contribution in [2.45, 2.75) is 20.5 Å². The van der Waals surface area contributed by atoms with Crippen molar-refractivity contribution in [1.82, 2.24) is 0 Å². The molecule has 2 N–H and O–H groups in total. The minimum Gasteiger partial charge on any atom is -0.488 e. The maximum atomic E-state index is 11.0. The zero-order valence-corrected chi connectivity index (χ0v) is 11.1. The van der Waals surface area contributed by atoms with E-state index in [1.54, 1.807) is 12.1 Å². The highest BCUT2D eigenvalue weighted by atomic mass is 16.5. The minimum absolute atomic E-state index is 0.415. The van der Waals surface area contributed by atoms with E-state index in [0.29, 0.717) is 12.2 Å². The van der Waals surface area contributed by atoms with Crippen LogP contribution in [0, 0.1) is 13.8 Å². The van der Waals surface area contributed by atoms with Gasteiger partial charge < -0.3 is 10.5 Å². The first-order valence-electron chi connectivity index (χ1n) is 6.15. The van der Waals surface area contributed by atoms with Gasteiger partial charge >= 0.3 is 0 Å². The van der Waals surface area contributed by atoms with Crippen molar-refractivity contribution in [2.24, 2.45) is 5.73 Å². The molecule has 1 amide bonds. The Morgan fingerprint density at radius 3 is 2.16 bits per heavy atom. The smallest absolute Gasteiger partial charge is 0.248 e. The van der Waals surface area contributed by atoms with Crippen LogP contribution in [0.3, 0.4) is 0 Å². The molecule has 0 aliphatic carbocycles. The Morgan fingerprint density at radius 1 is 1.05 bits per heavy atom. The molecule has 0 bridgehead atoms. The Hall–Kier alpha value is -2.29. The van der Waals surface area contributed by atoms with Gasteiger partial charge in [0.2, 0.25) is 5.91 Å². The normalized spacial score (nSPS) is 10.2. The van der Waals surface area contributed by atoms with Crippen LogP contribution in [-0.2, 0) is 6.61 Å². The lowest BCUT2D eigenvalue weighted by molar-refractivity contribution is 0.1000. The fourth-order valence-corrected chi connectivity index (χ4v) is 1.95. The van der Waals surface area contributed by atoms with E-state index in [4.69, 9.17) is 10.5 Å². The second kappa shape index (κ2) is 5.57. The van der Waals surface area contributed by atoms with E-state index >= 15 is 0 Å². The number of hydrogen-bond donors (Lipinski definition) is 1. The average Bonchev–Trinajstić information content (AvgIpc) is 2.38. The molecule has 2 aromatic carbocycles. The molecule has 2 aromatic rings. The molecule has 0 aliphatic rings. The molecule has 3 heteroatoms. The van der Waals surface area contributed by atoms with Crippen LogP contribution < -0.4 is 10.5 Å². The SMILES string of the molecule is Cc1cccc(C)c1OCc1ccc(C(N)=O)cc1. The molecule has 0 aromatic heterocycles. The molecule has 0 aliphatic heterocycles. The van der Waals surface area contributed by atoms with Gasteiger partial charge in [-0.1, -0.05) is 30.3 Å². The molecule has 98 valence electrons. The number of aryl methyl sites for hydroxylation is 2. The number of nitrogens with two attached hydrogens (primary N) is 1. The molecule has 0 fully saturated rings. The van der Waals surface area contributed by atoms with Gasteiger partial charge in [-0.3, -0.25) is 4.79 Å². The summed E-state index contributed by atoms with van der Waals surface area (Å²) in [7, 11) is 0. The van der Waals surface area contributed by atoms with Crippen molar-refractivity contribution in [3.8, 4) is 5.75 Å². The van der Waals surface area contributed by atoms with Crippen LogP contribution in [0.1, 0.15) is 27.0 Å². The van der Waals surface area contributed by atoms with Crippen molar-refractivity contribution >= 4 is 5.91 Å². The largest absolute Gasteiger partial charge is 0.488 e. The van der Waals surface area contributed by atoms with Crippen molar-refractivity contribution in [2.75, 3.05) is 0 Å². The first-order valence-corrected chi connectivity index (χ1v) is 6.15. The third kappa shape index (κ3) is 3.13. The van der Waals surface area contributed by atoms with Gasteiger partial charge in [0.15, 0.2) is 0 Å². The number of amides is 1. The molecule has 0 atom stereocenters. The highest BCUT2D eigenvalue weighted by Crippen LogP contribution is 2.23. The first-order chi connectivity index (χ1) is 9.08. The Balaban J connectivity index is 2.08. The molecule has 0 radical (unpaired) electrons. The molecule has 0 spiro atoms. The standard InChI is InChI=1S/C16H17NO2/c1-11-4-3-5-12(2)15(11)19-10-13-6-8-14(9-7-13)16(17)18/h3-9H,10H2,1-2H3,(H2,17,18). The molecular weight excluding hydrogens is 238 g/mol. The van der Waals surface area contributed by atoms with E-state index in [-0.39, 0.29) is 0 Å². The number of carbonyl (C=O) groups excluding carboxylic acids is 1. The van der Waals surface area contributed by atoms with Crippen LogP contribution in [0.4, 0.5) is 0 Å². The molecule has 3 nitrogen and oxygen atoms in total. The van der Waals surface area contributed by atoms with Crippen LogP contribution in [-0.4, -0.2) is 5.91 Å². The predicted molar refractivity (Wildman–Crippen MR) is 75.2 cm³/mol. The van der Waals surface area contributed by atoms with Gasteiger partial charge in [-0.25, -0.2) is 0 Å². The number of hydrogen-bond acceptors (Lipinski definition) is 2. The van der Waals surface area contributed by atoms with Crippen LogP contribution in [0.15, 0.2) is 42.5 Å². The molecule has 2 rings (SSSR count). The van der Waals surface area contributed by atoms with Crippen molar-refractivity contribution in [1.29, 1.82) is 0 Å². The summed E-state index contributed by atoms with van der Waals surface area (Å²) in [5.74, 6) is 0.503. The topological polar surface area (TPSA) is 52.3 Å². The second-order valence-electron chi connectivity index (χ2n) is 4.57. The summed E-state index contributed by atoms with van der Waals surface area (Å²) in [5.41, 5.74) is 8.95. The third-order valence-corrected chi connectivity index (χ3v) is 3.03. The van der Waals surface area contributed by atoms with E-state index in [0.717, 1.165) is 22.4 Å². The summed E-state index contributed by atoms with van der Waals surface area (Å²) in [6.45, 7) is 4.53. The van der Waals surface area contributed by atoms with E-state index in [1.807, 2.05) is 44.2 Å². The number of benzene rings is 2. The summed E-state index contributed by atoms with van der Waals surface area (Å²) in [4.78, 5) is 11.0. The van der Waals surface area contributed by atoms with Gasteiger partial charge in [0.1, 0.15) is 12.4 Å². The number of rotatable bonds is 4. The van der Waals surface area contributed by atoms with Gasteiger partial charge in [-0.2, -0.15) is 0 Å². The summed E-state index contributed by atoms with van der Waals surface area (Å²) in [5, 5.41) is 0. The van der Waals surface area contributed by atoms with Crippen LogP contribution in [0.5, 0.6) is 5.75 Å². The summed E-state index contributed by atoms with van der Waals surface area (Å²) < 4.78 is 5.84. The average molecular weight is 255 g/mol. The Labute approximate surface area is 113 Å². The molecule has 0 unspecified atom stereocenters. The lowest BCUT2D eigenvalue weighted by atomic mass is 10.1. The molecule has 0 heterocycles. The summed E-state index contributed by atoms with van der Waals surface area (Å²) >= 11 is 0. The molecule has 0 saturated heterocycles. The second-order valence-corrected chi connectivity index (χ2v) is 4.57. The fourth-order valence-electron chi connectivity index (χ4n) is 1.95. The molecule has 0 saturated carbocycles. The highest BCUT2D eigenvalue weighted by molar-refractivity contribution is 5.92. The van der Waals surface area contributed by atoms with Crippen molar-refractivity contribution in [3.63, 3.8) is 0 Å². The molecular formula is C16H17NO2. The summed E-state index contributed by atoms with van der Waals surface area (Å²) in [6, 6.07) is 13.2. The zero-order chi connectivity index (χ0) is 13.8. The lowest BCUT2D eigenvalue weighted by Crippen LogP contribution is -2.10. The van der Waals surface area contributed by atoms with Gasteiger partial charge in [0.05, 0.1) is 0 Å². The zero-order valence-electron chi connectivity index (χ0n) is 11.1. The number of carbonyl (C=O) groups is 1. The Bertz CT molecular complexity index is 568. The van der Waals surface area contributed by atoms with Gasteiger partial charge in [0.25, 0.3) is 0 Å². The van der Waals surface area contributed by atoms with Crippen molar-refractivity contribution in [3.05, 3.63) is 64.7 Å². The van der Waals surface area contributed by atoms with E-state index in [9.17, 15) is 4.79 Å². The number of ether oxygens (including phenoxy) is 1. The van der Waals surface area contributed by atoms with Crippen LogP contribution in [0.2, 0.25) is 0 Å². The third-order valence-electron chi connectivity index (χ3n) is 3.03. The van der Waals surface area contributed by atoms with Crippen molar-refractivity contribution < 1.29 is 9.53 Å². The maximum absolute atomic E-state index is 11.0. The van der Waals surface area contributed by atoms with Crippen LogP contribution >= 0.6 is 0 Å². The minimum atomic E-state index is -0.415. The van der Waals surface area contributed by atoms with Gasteiger partial charge in [-0.15, -0.1) is 0 Å². The number of primary amides is 1. The van der Waals surface area contributed by atoms with Gasteiger partial charge in [0, 0.05) is 5.56 Å². The van der Waals surface area contributed by atoms with Gasteiger partial charge in [-0.05, 0) is 42.7 Å². The van der Waals surface area contributed by atoms with E-state index in [1.165, 1.54) is 0 Å². The first kappa shape index (κ1) is 13.1. The fraction of sp³-hybridized carbons (Fsp3) is 0.188. The summed E-state index contributed by atoms with van der Waals surface area (Å²) in [6.07, 6.45) is 0. The monoisotopic (exact) mass is 255 g/mol. The molecule has 19 heavy (non-hydrogen) atoms. The Morgan fingerprint density at radius 2 is 1.63 bits per heavy atom. The Kier molecular flexibility index (Phi) is 3.85. The predicted octanol–water partition coefficient (Wildman–Crippen LogP) is 2.98. The number of para-hydroxylation sites is 1. The maximum Gasteiger partial charge on any atom is 0.248 e. The van der Waals surface area contributed by atoms with E-state index in [2.05, 4.69) is 0 Å². The lowest BCUT2D eigenvalue weighted by Gasteiger charge is -2.12. The quantitative estimate of drug-likeness (QED) is 0.913. The highest BCUT2D eigenvalue weighted by Gasteiger charge is 2.04.